The summed E-state index contributed by atoms with van der Waals surface area (Å²) in [6, 6.07) is 8.06. The van der Waals surface area contributed by atoms with Crippen LogP contribution < -0.4 is 4.90 Å². The molecule has 0 saturated heterocycles. The first-order chi connectivity index (χ1) is 16.7. The van der Waals surface area contributed by atoms with Gasteiger partial charge in [0.25, 0.3) is 0 Å². The number of hydrogen-bond donors (Lipinski definition) is 0. The number of aryl methyl sites for hydroxylation is 1. The van der Waals surface area contributed by atoms with E-state index in [-0.39, 0.29) is 17.7 Å². The first-order valence-corrected chi connectivity index (χ1v) is 11.5. The fraction of sp³-hybridized carbons (Fsp3) is 0.440. The number of hydrogen-bond acceptors (Lipinski definition) is 9. The largest absolute Gasteiger partial charge is 0.460 e. The second kappa shape index (κ2) is 11.1. The molecule has 10 nitrogen and oxygen atoms in total. The van der Waals surface area contributed by atoms with Gasteiger partial charge in [-0.1, -0.05) is 27.4 Å². The van der Waals surface area contributed by atoms with Crippen LogP contribution in [0, 0.1) is 18.3 Å². The Morgan fingerprint density at radius 1 is 1.31 bits per heavy atom. The van der Waals surface area contributed by atoms with Crippen molar-refractivity contribution in [2.75, 3.05) is 37.8 Å². The molecular formula is C25H31N7O3. The normalized spacial score (nSPS) is 13.8. The third kappa shape index (κ3) is 6.19. The molecule has 10 heteroatoms. The molecule has 0 unspecified atom stereocenters. The zero-order valence-electron chi connectivity index (χ0n) is 20.9. The molecular weight excluding hydrogens is 446 g/mol. The third-order valence-electron chi connectivity index (χ3n) is 5.30. The summed E-state index contributed by atoms with van der Waals surface area (Å²) in [5, 5.41) is 18.2. The van der Waals surface area contributed by atoms with Gasteiger partial charge in [0, 0.05) is 30.3 Å². The van der Waals surface area contributed by atoms with Crippen molar-refractivity contribution < 1.29 is 14.3 Å². The first-order valence-electron chi connectivity index (χ1n) is 11.5. The van der Waals surface area contributed by atoms with Crippen molar-refractivity contribution in [2.45, 2.75) is 40.0 Å². The van der Waals surface area contributed by atoms with Crippen LogP contribution in [-0.2, 0) is 19.7 Å². The Kier molecular flexibility index (Phi) is 8.14. The summed E-state index contributed by atoms with van der Waals surface area (Å²) in [7, 11) is 0. The van der Waals surface area contributed by atoms with E-state index < -0.39 is 5.97 Å². The van der Waals surface area contributed by atoms with Gasteiger partial charge in [-0.2, -0.15) is 5.26 Å². The number of fused-ring (bicyclic) bond motifs is 1. The van der Waals surface area contributed by atoms with Gasteiger partial charge in [0.2, 0.25) is 5.82 Å². The molecule has 0 atom stereocenters. The molecule has 1 aromatic heterocycles. The number of likely N-dealkylation sites (N-methyl/N-ethyl adjacent to an activating group) is 1. The predicted octanol–water partition coefficient (Wildman–Crippen LogP) is 3.32. The second-order valence-corrected chi connectivity index (χ2v) is 8.95. The summed E-state index contributed by atoms with van der Waals surface area (Å²) in [5.41, 5.74) is 3.09. The molecule has 0 amide bonds. The molecule has 1 aliphatic heterocycles. The molecule has 184 valence electrons. The van der Waals surface area contributed by atoms with Gasteiger partial charge in [-0.15, -0.1) is 15.0 Å². The van der Waals surface area contributed by atoms with Crippen LogP contribution >= 0.6 is 0 Å². The van der Waals surface area contributed by atoms with Gasteiger partial charge in [-0.05, 0) is 37.6 Å². The van der Waals surface area contributed by atoms with Crippen LogP contribution in [0.25, 0.3) is 0 Å². The van der Waals surface area contributed by atoms with Crippen LogP contribution in [0.1, 0.15) is 44.9 Å². The molecule has 0 bridgehead atoms. The van der Waals surface area contributed by atoms with E-state index in [1.165, 1.54) is 4.79 Å². The number of carbonyl (C=O) groups excluding carboxylic acids is 1. The second-order valence-electron chi connectivity index (χ2n) is 8.95. The van der Waals surface area contributed by atoms with Crippen molar-refractivity contribution in [3.8, 4) is 6.07 Å². The van der Waals surface area contributed by atoms with Crippen molar-refractivity contribution >= 4 is 28.8 Å². The minimum atomic E-state index is -0.455. The van der Waals surface area contributed by atoms with Gasteiger partial charge in [0.15, 0.2) is 11.5 Å². The summed E-state index contributed by atoms with van der Waals surface area (Å²) < 4.78 is 10.5. The number of carbonyl (C=O) groups is 1. The van der Waals surface area contributed by atoms with Gasteiger partial charge in [0.1, 0.15) is 18.4 Å². The molecule has 2 heterocycles. The molecule has 0 saturated carbocycles. The maximum Gasteiger partial charge on any atom is 0.330 e. The highest BCUT2D eigenvalue weighted by Gasteiger charge is 2.31. The molecule has 3 rings (SSSR count). The SMILES string of the molecule is C=CC(=O)OCCOCCN(CC)c1ccc(N=C2C(C#N)=Nn3nc(C(C)(C)C)nc32)c(C)c1. The number of nitrogens with zero attached hydrogens (tertiary/aromatic N) is 7. The van der Waals surface area contributed by atoms with E-state index in [2.05, 4.69) is 45.7 Å². The minimum absolute atomic E-state index is 0.190. The number of aromatic nitrogens is 3. The first kappa shape index (κ1) is 25.8. The summed E-state index contributed by atoms with van der Waals surface area (Å²) in [5.74, 6) is 0.664. The van der Waals surface area contributed by atoms with Gasteiger partial charge in [-0.3, -0.25) is 0 Å². The topological polar surface area (TPSA) is 118 Å². The fourth-order valence-corrected chi connectivity index (χ4v) is 3.35. The van der Waals surface area contributed by atoms with Crippen molar-refractivity contribution in [3.05, 3.63) is 48.1 Å². The van der Waals surface area contributed by atoms with Gasteiger partial charge in [0.05, 0.1) is 18.9 Å². The quantitative estimate of drug-likeness (QED) is 0.293. The highest BCUT2D eigenvalue weighted by molar-refractivity contribution is 6.54. The molecule has 0 spiro atoms. The van der Waals surface area contributed by atoms with Crippen LogP contribution in [0.3, 0.4) is 0 Å². The lowest BCUT2D eigenvalue weighted by Crippen LogP contribution is -2.27. The molecule has 0 fully saturated rings. The van der Waals surface area contributed by atoms with E-state index >= 15 is 0 Å². The van der Waals surface area contributed by atoms with Crippen molar-refractivity contribution in [1.29, 1.82) is 5.26 Å². The Hall–Kier alpha value is -3.84. The van der Waals surface area contributed by atoms with E-state index in [0.717, 1.165) is 29.6 Å². The Labute approximate surface area is 205 Å². The Morgan fingerprint density at radius 3 is 2.71 bits per heavy atom. The minimum Gasteiger partial charge on any atom is -0.460 e. The molecule has 0 N–H and O–H groups in total. The lowest BCUT2D eigenvalue weighted by Gasteiger charge is -2.23. The highest BCUT2D eigenvalue weighted by Crippen LogP contribution is 2.27. The van der Waals surface area contributed by atoms with Crippen LogP contribution in [0.15, 0.2) is 40.9 Å². The van der Waals surface area contributed by atoms with E-state index in [4.69, 9.17) is 14.5 Å². The molecule has 1 aromatic carbocycles. The van der Waals surface area contributed by atoms with E-state index in [0.29, 0.717) is 37.1 Å². The maximum atomic E-state index is 11.0. The van der Waals surface area contributed by atoms with E-state index in [1.807, 2.05) is 39.8 Å². The van der Waals surface area contributed by atoms with Gasteiger partial charge in [-0.25, -0.2) is 14.8 Å². The van der Waals surface area contributed by atoms with Crippen LogP contribution in [0.4, 0.5) is 11.4 Å². The smallest absolute Gasteiger partial charge is 0.330 e. The molecule has 0 aliphatic carbocycles. The number of ether oxygens (including phenoxy) is 2. The third-order valence-corrected chi connectivity index (χ3v) is 5.30. The zero-order chi connectivity index (χ0) is 25.6. The lowest BCUT2D eigenvalue weighted by molar-refractivity contribution is -0.139. The Balaban J connectivity index is 1.71. The zero-order valence-corrected chi connectivity index (χ0v) is 20.9. The maximum absolute atomic E-state index is 11.0. The Morgan fingerprint density at radius 2 is 2.09 bits per heavy atom. The Bertz CT molecular complexity index is 1200. The van der Waals surface area contributed by atoms with Gasteiger partial charge >= 0.3 is 5.97 Å². The van der Waals surface area contributed by atoms with Gasteiger partial charge < -0.3 is 14.4 Å². The molecule has 1 aliphatic rings. The molecule has 0 radical (unpaired) electrons. The number of benzene rings is 1. The average Bonchev–Trinajstić information content (AvgIpc) is 3.38. The van der Waals surface area contributed by atoms with E-state index in [1.54, 1.807) is 0 Å². The van der Waals surface area contributed by atoms with Crippen molar-refractivity contribution in [1.82, 2.24) is 14.9 Å². The number of aliphatic imine (C=N–C) groups is 1. The van der Waals surface area contributed by atoms with E-state index in [9.17, 15) is 10.1 Å². The predicted molar refractivity (Wildman–Crippen MR) is 134 cm³/mol. The fourth-order valence-electron chi connectivity index (χ4n) is 3.35. The van der Waals surface area contributed by atoms with Crippen LogP contribution in [0.5, 0.6) is 0 Å². The summed E-state index contributed by atoms with van der Waals surface area (Å²) >= 11 is 0. The molecule has 35 heavy (non-hydrogen) atoms. The highest BCUT2D eigenvalue weighted by atomic mass is 16.6. The summed E-state index contributed by atoms with van der Waals surface area (Å²) in [6.07, 6.45) is 1.13. The average molecular weight is 478 g/mol. The summed E-state index contributed by atoms with van der Waals surface area (Å²) in [4.78, 5) is 24.0. The van der Waals surface area contributed by atoms with Crippen LogP contribution in [-0.4, -0.2) is 65.2 Å². The molecule has 2 aromatic rings. The van der Waals surface area contributed by atoms with Crippen molar-refractivity contribution in [2.24, 2.45) is 10.1 Å². The monoisotopic (exact) mass is 477 g/mol. The number of anilines is 1. The number of nitriles is 1. The summed E-state index contributed by atoms with van der Waals surface area (Å²) in [6.45, 7) is 16.0. The lowest BCUT2D eigenvalue weighted by atomic mass is 9.96. The standard InChI is InChI=1S/C25H31N7O3/c1-7-21(33)35-14-13-34-12-11-31(8-2)18-9-10-19(17(3)15-18)27-22-20(16-26)29-32-23(22)28-24(30-32)25(4,5)6/h7,9-10,15H,1,8,11-14H2,2-6H3. The number of rotatable bonds is 10. The van der Waals surface area contributed by atoms with Crippen LogP contribution in [0.2, 0.25) is 0 Å². The van der Waals surface area contributed by atoms with Crippen molar-refractivity contribution in [3.63, 3.8) is 0 Å². The number of esters is 1.